The summed E-state index contributed by atoms with van der Waals surface area (Å²) in [6, 6.07) is 5.48. The van der Waals surface area contributed by atoms with Crippen LogP contribution in [0.5, 0.6) is 0 Å². The van der Waals surface area contributed by atoms with Crippen molar-refractivity contribution in [2.45, 2.75) is 32.9 Å². The monoisotopic (exact) mass is 349 g/mol. The Balaban J connectivity index is 2.10. The minimum Gasteiger partial charge on any atom is -0.322 e. The zero-order valence-electron chi connectivity index (χ0n) is 14.4. The number of halogens is 1. The first-order valence-electron chi connectivity index (χ1n) is 8.36. The molecule has 2 aromatic rings. The van der Waals surface area contributed by atoms with Gasteiger partial charge < -0.3 is 10.7 Å². The van der Waals surface area contributed by atoms with Gasteiger partial charge in [-0.2, -0.15) is 0 Å². The minimum atomic E-state index is -0.343. The van der Waals surface area contributed by atoms with Gasteiger partial charge in [0.05, 0.1) is 22.0 Å². The van der Waals surface area contributed by atoms with Crippen molar-refractivity contribution >= 4 is 22.5 Å². The summed E-state index contributed by atoms with van der Waals surface area (Å²) in [5.74, 6) is 0.577. The van der Waals surface area contributed by atoms with Crippen LogP contribution in [-0.2, 0) is 0 Å². The van der Waals surface area contributed by atoms with Gasteiger partial charge in [0.15, 0.2) is 0 Å². The van der Waals surface area contributed by atoms with Gasteiger partial charge in [-0.1, -0.05) is 17.7 Å². The van der Waals surface area contributed by atoms with E-state index in [2.05, 4.69) is 23.7 Å². The molecule has 0 aliphatic carbocycles. The number of benzene rings is 1. The third kappa shape index (κ3) is 3.01. The van der Waals surface area contributed by atoms with Crippen molar-refractivity contribution < 1.29 is 0 Å². The van der Waals surface area contributed by atoms with Crippen molar-refractivity contribution in [1.29, 1.82) is 0 Å². The van der Waals surface area contributed by atoms with Gasteiger partial charge in [0, 0.05) is 32.2 Å². The van der Waals surface area contributed by atoms with Crippen molar-refractivity contribution in [2.24, 2.45) is 5.73 Å². The molecule has 0 amide bonds. The fourth-order valence-corrected chi connectivity index (χ4v) is 3.44. The highest BCUT2D eigenvalue weighted by atomic mass is 35.5. The number of hydrogen-bond donors (Lipinski definition) is 1. The molecule has 0 spiro atoms. The summed E-state index contributed by atoms with van der Waals surface area (Å²) < 4.78 is 1.64. The molecule has 7 heteroatoms. The molecule has 24 heavy (non-hydrogen) atoms. The molecule has 1 aromatic carbocycles. The first-order chi connectivity index (χ1) is 11.4. The largest absolute Gasteiger partial charge is 0.322 e. The van der Waals surface area contributed by atoms with E-state index in [0.29, 0.717) is 27.8 Å². The summed E-state index contributed by atoms with van der Waals surface area (Å²) in [4.78, 5) is 20.1. The highest BCUT2D eigenvalue weighted by molar-refractivity contribution is 6.35. The first kappa shape index (κ1) is 17.2. The Bertz CT molecular complexity index is 793. The molecule has 1 atom stereocenters. The lowest BCUT2D eigenvalue weighted by Crippen LogP contribution is -2.56. The summed E-state index contributed by atoms with van der Waals surface area (Å²) >= 11 is 6.26. The summed E-state index contributed by atoms with van der Waals surface area (Å²) in [5.41, 5.74) is 6.55. The molecular formula is C17H24ClN5O. The number of aromatic nitrogens is 2. The maximum Gasteiger partial charge on any atom is 0.281 e. The smallest absolute Gasteiger partial charge is 0.281 e. The molecule has 0 saturated carbocycles. The third-order valence-electron chi connectivity index (χ3n) is 4.56. The highest BCUT2D eigenvalue weighted by Gasteiger charge is 2.24. The van der Waals surface area contributed by atoms with E-state index in [-0.39, 0.29) is 11.6 Å². The molecule has 0 unspecified atom stereocenters. The lowest BCUT2D eigenvalue weighted by atomic mass is 10.2. The van der Waals surface area contributed by atoms with Crippen molar-refractivity contribution in [2.75, 3.05) is 31.2 Å². The Kier molecular flexibility index (Phi) is 4.80. The molecule has 1 aromatic heterocycles. The van der Waals surface area contributed by atoms with Crippen molar-refractivity contribution in [1.82, 2.24) is 14.6 Å². The van der Waals surface area contributed by atoms with Crippen LogP contribution in [0.15, 0.2) is 23.0 Å². The Morgan fingerprint density at radius 1 is 1.17 bits per heavy atom. The molecule has 2 N–H and O–H groups in total. The average molecular weight is 350 g/mol. The van der Waals surface area contributed by atoms with Crippen LogP contribution in [0.4, 0.5) is 0 Å². The topological polar surface area (TPSA) is 67.4 Å². The normalized spacial score (nSPS) is 17.7. The van der Waals surface area contributed by atoms with Gasteiger partial charge in [0.2, 0.25) is 0 Å². The van der Waals surface area contributed by atoms with Crippen LogP contribution >= 0.6 is 11.6 Å². The van der Waals surface area contributed by atoms with Crippen LogP contribution in [0.25, 0.3) is 10.9 Å². The van der Waals surface area contributed by atoms with E-state index in [9.17, 15) is 4.79 Å². The van der Waals surface area contributed by atoms with E-state index < -0.39 is 0 Å². The second kappa shape index (κ2) is 6.70. The SMILES string of the molecule is CC(C)N1CCN(n2c([C@H](C)N)nc3cccc(Cl)c3c2=O)CC1. The standard InChI is InChI=1S/C17H24ClN5O/c1-11(2)21-7-9-22(10-8-21)23-16(12(3)19)20-14-6-4-5-13(18)15(14)17(23)24/h4-6,11-12H,7-10,19H2,1-3H3/t12-/m0/s1. The van der Waals surface area contributed by atoms with Gasteiger partial charge in [-0.3, -0.25) is 9.69 Å². The van der Waals surface area contributed by atoms with Crippen molar-refractivity contribution in [3.8, 4) is 0 Å². The van der Waals surface area contributed by atoms with E-state index in [0.717, 1.165) is 26.2 Å². The summed E-state index contributed by atoms with van der Waals surface area (Å²) in [6.45, 7) is 9.55. The van der Waals surface area contributed by atoms with Gasteiger partial charge in [-0.25, -0.2) is 9.66 Å². The second-order valence-electron chi connectivity index (χ2n) is 6.59. The van der Waals surface area contributed by atoms with Gasteiger partial charge in [-0.05, 0) is 32.9 Å². The van der Waals surface area contributed by atoms with E-state index in [1.807, 2.05) is 11.9 Å². The number of nitrogens with zero attached hydrogens (tertiary/aromatic N) is 4. The van der Waals surface area contributed by atoms with Crippen LogP contribution in [0.3, 0.4) is 0 Å². The maximum atomic E-state index is 13.1. The zero-order chi connectivity index (χ0) is 17.4. The summed E-state index contributed by atoms with van der Waals surface area (Å²) in [7, 11) is 0. The van der Waals surface area contributed by atoms with E-state index in [1.165, 1.54) is 0 Å². The maximum absolute atomic E-state index is 13.1. The number of piperazine rings is 1. The van der Waals surface area contributed by atoms with E-state index >= 15 is 0 Å². The lowest BCUT2D eigenvalue weighted by Gasteiger charge is -2.39. The van der Waals surface area contributed by atoms with Gasteiger partial charge in [0.1, 0.15) is 5.82 Å². The predicted octanol–water partition coefficient (Wildman–Crippen LogP) is 1.73. The Labute approximate surface area is 146 Å². The Hall–Kier alpha value is -1.63. The fraction of sp³-hybridized carbons (Fsp3) is 0.529. The van der Waals surface area contributed by atoms with Crippen LogP contribution in [0, 0.1) is 0 Å². The molecule has 1 aliphatic rings. The number of fused-ring (bicyclic) bond motifs is 1. The number of nitrogens with two attached hydrogens (primary N) is 1. The van der Waals surface area contributed by atoms with Crippen LogP contribution in [0.2, 0.25) is 5.02 Å². The van der Waals surface area contributed by atoms with Crippen LogP contribution in [0.1, 0.15) is 32.6 Å². The summed E-state index contributed by atoms with van der Waals surface area (Å²) in [6.07, 6.45) is 0. The van der Waals surface area contributed by atoms with Gasteiger partial charge in [0.25, 0.3) is 5.56 Å². The third-order valence-corrected chi connectivity index (χ3v) is 4.88. The van der Waals surface area contributed by atoms with Crippen LogP contribution < -0.4 is 16.3 Å². The second-order valence-corrected chi connectivity index (χ2v) is 7.00. The molecule has 130 valence electrons. The van der Waals surface area contributed by atoms with Crippen molar-refractivity contribution in [3.63, 3.8) is 0 Å². The van der Waals surface area contributed by atoms with E-state index in [1.54, 1.807) is 22.9 Å². The van der Waals surface area contributed by atoms with Gasteiger partial charge >= 0.3 is 0 Å². The number of rotatable bonds is 3. The minimum absolute atomic E-state index is 0.143. The fourth-order valence-electron chi connectivity index (χ4n) is 3.19. The highest BCUT2D eigenvalue weighted by Crippen LogP contribution is 2.20. The zero-order valence-corrected chi connectivity index (χ0v) is 15.1. The quantitative estimate of drug-likeness (QED) is 0.914. The van der Waals surface area contributed by atoms with Crippen LogP contribution in [-0.4, -0.2) is 46.8 Å². The molecular weight excluding hydrogens is 326 g/mol. The van der Waals surface area contributed by atoms with Gasteiger partial charge in [-0.15, -0.1) is 0 Å². The van der Waals surface area contributed by atoms with Crippen molar-refractivity contribution in [3.05, 3.63) is 39.4 Å². The lowest BCUT2D eigenvalue weighted by molar-refractivity contribution is 0.194. The summed E-state index contributed by atoms with van der Waals surface area (Å²) in [5, 5.41) is 2.92. The first-order valence-corrected chi connectivity index (χ1v) is 8.74. The molecule has 1 saturated heterocycles. The predicted molar refractivity (Wildman–Crippen MR) is 98.3 cm³/mol. The molecule has 1 fully saturated rings. The molecule has 6 nitrogen and oxygen atoms in total. The Morgan fingerprint density at radius 2 is 1.83 bits per heavy atom. The average Bonchev–Trinajstić information content (AvgIpc) is 2.54. The molecule has 1 aliphatic heterocycles. The Morgan fingerprint density at radius 3 is 2.42 bits per heavy atom. The molecule has 0 radical (unpaired) electrons. The molecule has 2 heterocycles. The molecule has 3 rings (SSSR count). The molecule has 0 bridgehead atoms. The number of hydrogen-bond acceptors (Lipinski definition) is 5. The van der Waals surface area contributed by atoms with E-state index in [4.69, 9.17) is 17.3 Å².